The van der Waals surface area contributed by atoms with Crippen LogP contribution in [0.3, 0.4) is 0 Å². The number of fused-ring (bicyclic) bond motifs is 3. The molecular formula is C46H54N4O. The number of ether oxygens (including phenoxy) is 1. The van der Waals surface area contributed by atoms with E-state index in [0.717, 1.165) is 72.6 Å². The lowest BCUT2D eigenvalue weighted by molar-refractivity contribution is 0.445. The van der Waals surface area contributed by atoms with Crippen LogP contribution < -0.4 is 4.74 Å². The fraction of sp³-hybridized carbons (Fsp3) is 0.391. The van der Waals surface area contributed by atoms with Crippen LogP contribution in [-0.2, 0) is 12.8 Å². The van der Waals surface area contributed by atoms with Gasteiger partial charge in [0.15, 0.2) is 0 Å². The average molecular weight is 679 g/mol. The minimum atomic E-state index is 0.335. The van der Waals surface area contributed by atoms with Gasteiger partial charge in [0.25, 0.3) is 0 Å². The Morgan fingerprint density at radius 2 is 1.63 bits per heavy atom. The summed E-state index contributed by atoms with van der Waals surface area (Å²) in [6, 6.07) is 26.0. The van der Waals surface area contributed by atoms with Crippen molar-refractivity contribution in [3.63, 3.8) is 0 Å². The number of hydrogen-bond acceptors (Lipinski definition) is 3. The lowest BCUT2D eigenvalue weighted by Gasteiger charge is -2.30. The van der Waals surface area contributed by atoms with Gasteiger partial charge < -0.3 is 4.74 Å². The molecule has 0 saturated carbocycles. The molecule has 264 valence electrons. The van der Waals surface area contributed by atoms with Gasteiger partial charge in [0, 0.05) is 46.3 Å². The molecule has 0 bridgehead atoms. The number of allylic oxidation sites excluding steroid dienone is 2. The summed E-state index contributed by atoms with van der Waals surface area (Å²) < 4.78 is 11.4. The number of aryl methyl sites for hydroxylation is 2. The maximum absolute atomic E-state index is 6.84. The van der Waals surface area contributed by atoms with Gasteiger partial charge in [0.2, 0.25) is 0 Å². The number of nitrogens with zero attached hydrogens (tertiary/aromatic N) is 4. The molecule has 3 heterocycles. The molecule has 5 heteroatoms. The Bertz CT molecular complexity index is 2200. The number of benzene rings is 3. The zero-order valence-corrected chi connectivity index (χ0v) is 31.7. The van der Waals surface area contributed by atoms with Crippen LogP contribution in [0.1, 0.15) is 120 Å². The normalized spacial score (nSPS) is 16.4. The number of aromatic nitrogens is 4. The van der Waals surface area contributed by atoms with Crippen LogP contribution in [-0.4, -0.2) is 19.3 Å². The third-order valence-corrected chi connectivity index (χ3v) is 10.9. The van der Waals surface area contributed by atoms with E-state index < -0.39 is 0 Å². The van der Waals surface area contributed by atoms with Crippen molar-refractivity contribution >= 4 is 21.8 Å². The number of pyridine rings is 1. The second-order valence-electron chi connectivity index (χ2n) is 15.1. The molecule has 0 radical (unpaired) electrons. The van der Waals surface area contributed by atoms with Gasteiger partial charge in [-0.2, -0.15) is 5.10 Å². The van der Waals surface area contributed by atoms with Crippen molar-refractivity contribution < 1.29 is 4.74 Å². The molecular weight excluding hydrogens is 625 g/mol. The van der Waals surface area contributed by atoms with E-state index in [9.17, 15) is 0 Å². The summed E-state index contributed by atoms with van der Waals surface area (Å²) in [6.45, 7) is 16.0. The molecule has 0 amide bonds. The fourth-order valence-corrected chi connectivity index (χ4v) is 8.19. The van der Waals surface area contributed by atoms with Gasteiger partial charge in [-0.3, -0.25) is 4.57 Å². The van der Waals surface area contributed by atoms with Crippen molar-refractivity contribution in [2.75, 3.05) is 0 Å². The molecule has 0 saturated heterocycles. The van der Waals surface area contributed by atoms with Crippen molar-refractivity contribution in [2.24, 2.45) is 5.92 Å². The van der Waals surface area contributed by atoms with E-state index in [1.165, 1.54) is 57.3 Å². The van der Waals surface area contributed by atoms with E-state index >= 15 is 0 Å². The molecule has 0 N–H and O–H groups in total. The molecule has 6 aromatic rings. The summed E-state index contributed by atoms with van der Waals surface area (Å²) in [5.74, 6) is 3.92. The van der Waals surface area contributed by atoms with Gasteiger partial charge >= 0.3 is 0 Å². The van der Waals surface area contributed by atoms with Crippen molar-refractivity contribution in [1.29, 1.82) is 0 Å². The van der Waals surface area contributed by atoms with Gasteiger partial charge in [0.05, 0.1) is 22.4 Å². The molecule has 51 heavy (non-hydrogen) atoms. The van der Waals surface area contributed by atoms with Crippen molar-refractivity contribution in [1.82, 2.24) is 19.3 Å². The van der Waals surface area contributed by atoms with Gasteiger partial charge in [-0.05, 0) is 118 Å². The molecule has 3 aromatic heterocycles. The first-order chi connectivity index (χ1) is 24.8. The molecule has 2 atom stereocenters. The molecule has 0 unspecified atom stereocenters. The highest BCUT2D eigenvalue weighted by atomic mass is 16.5. The first-order valence-electron chi connectivity index (χ1n) is 19.3. The van der Waals surface area contributed by atoms with E-state index in [1.807, 2.05) is 12.3 Å². The van der Waals surface area contributed by atoms with Crippen molar-refractivity contribution in [2.45, 2.75) is 112 Å². The predicted molar refractivity (Wildman–Crippen MR) is 213 cm³/mol. The Morgan fingerprint density at radius 1 is 0.843 bits per heavy atom. The number of unbranched alkanes of at least 4 members (excludes halogenated alkanes) is 2. The minimum Gasteiger partial charge on any atom is -0.457 e. The monoisotopic (exact) mass is 678 g/mol. The Balaban J connectivity index is 1.36. The highest BCUT2D eigenvalue weighted by molar-refractivity contribution is 6.09. The zero-order chi connectivity index (χ0) is 35.6. The van der Waals surface area contributed by atoms with Gasteiger partial charge in [-0.25, -0.2) is 9.67 Å². The zero-order valence-electron chi connectivity index (χ0n) is 31.7. The number of para-hydroxylation sites is 1. The predicted octanol–water partition coefficient (Wildman–Crippen LogP) is 12.7. The maximum Gasteiger partial charge on any atom is 0.137 e. The Morgan fingerprint density at radius 3 is 2.39 bits per heavy atom. The molecule has 0 aliphatic heterocycles. The first kappa shape index (κ1) is 34.8. The SMILES string of the molecule is CCCCc1nn(-c2cc(Oc3ccc4c5ccccc5n(-c5cc(C)ccn5)c4c3)cc(C(C)C)c2)c(CCCC)c1[C@@H]1C(C)=CCC[C@@H]1C. The summed E-state index contributed by atoms with van der Waals surface area (Å²) in [4.78, 5) is 4.78. The molecule has 0 fully saturated rings. The van der Waals surface area contributed by atoms with Crippen LogP contribution in [0.25, 0.3) is 33.3 Å². The van der Waals surface area contributed by atoms with E-state index in [1.54, 1.807) is 0 Å². The summed E-state index contributed by atoms with van der Waals surface area (Å²) >= 11 is 0. The van der Waals surface area contributed by atoms with Crippen LogP contribution >= 0.6 is 0 Å². The third kappa shape index (κ3) is 6.88. The lowest BCUT2D eigenvalue weighted by atomic mass is 9.74. The van der Waals surface area contributed by atoms with Crippen LogP contribution in [0.2, 0.25) is 0 Å². The first-order valence-corrected chi connectivity index (χ1v) is 19.3. The Hall–Kier alpha value is -4.64. The summed E-state index contributed by atoms with van der Waals surface area (Å²) in [5.41, 5.74) is 11.4. The van der Waals surface area contributed by atoms with Crippen LogP contribution in [0, 0.1) is 12.8 Å². The molecule has 7 rings (SSSR count). The maximum atomic E-state index is 6.84. The van der Waals surface area contributed by atoms with Crippen LogP contribution in [0.15, 0.2) is 90.6 Å². The fourth-order valence-electron chi connectivity index (χ4n) is 8.19. The van der Waals surface area contributed by atoms with Crippen LogP contribution in [0.5, 0.6) is 11.5 Å². The topological polar surface area (TPSA) is 44.9 Å². The van der Waals surface area contributed by atoms with Gasteiger partial charge in [-0.1, -0.05) is 77.3 Å². The highest BCUT2D eigenvalue weighted by Gasteiger charge is 2.32. The van der Waals surface area contributed by atoms with Gasteiger partial charge in [-0.15, -0.1) is 0 Å². The standard InChI is InChI=1S/C46H54N4O/c1-8-10-18-40-46(45-32(6)15-14-16-33(45)7)42(19-11-9-2)50(48-40)35-26-34(30(3)4)27-37(28-35)51-36-21-22-39-38-17-12-13-20-41(38)49(43(39)29-36)44-25-31(5)23-24-47-44/h12-13,15,17,20-30,33,45H,8-11,14,16,18-19H2,1-7H3/t33-,45+/m0/s1. The number of hydrogen-bond donors (Lipinski definition) is 0. The van der Waals surface area contributed by atoms with Gasteiger partial charge in [0.1, 0.15) is 17.3 Å². The molecule has 5 nitrogen and oxygen atoms in total. The summed E-state index contributed by atoms with van der Waals surface area (Å²) in [7, 11) is 0. The minimum absolute atomic E-state index is 0.335. The van der Waals surface area contributed by atoms with E-state index in [2.05, 4.69) is 131 Å². The molecule has 3 aromatic carbocycles. The van der Waals surface area contributed by atoms with E-state index in [0.29, 0.717) is 17.8 Å². The second-order valence-corrected chi connectivity index (χ2v) is 15.1. The molecule has 0 spiro atoms. The summed E-state index contributed by atoms with van der Waals surface area (Å²) in [5, 5.41) is 7.89. The molecule has 1 aliphatic carbocycles. The smallest absolute Gasteiger partial charge is 0.137 e. The lowest BCUT2D eigenvalue weighted by Crippen LogP contribution is -2.18. The Kier molecular flexibility index (Phi) is 10.2. The van der Waals surface area contributed by atoms with Crippen LogP contribution in [0.4, 0.5) is 0 Å². The van der Waals surface area contributed by atoms with E-state index in [-0.39, 0.29) is 0 Å². The highest BCUT2D eigenvalue weighted by Crippen LogP contribution is 2.43. The molecule has 1 aliphatic rings. The summed E-state index contributed by atoms with van der Waals surface area (Å²) in [6.07, 6.45) is 13.4. The van der Waals surface area contributed by atoms with E-state index in [4.69, 9.17) is 14.8 Å². The quantitative estimate of drug-likeness (QED) is 0.121. The number of rotatable bonds is 12. The third-order valence-electron chi connectivity index (χ3n) is 10.9. The van der Waals surface area contributed by atoms with Crippen molar-refractivity contribution in [3.05, 3.63) is 119 Å². The average Bonchev–Trinajstić information content (AvgIpc) is 3.64. The Labute approximate surface area is 304 Å². The largest absolute Gasteiger partial charge is 0.457 e. The second kappa shape index (κ2) is 14.9. The van der Waals surface area contributed by atoms with Crippen molar-refractivity contribution in [3.8, 4) is 23.0 Å².